The second-order valence-corrected chi connectivity index (χ2v) is 10.4. The Hall–Kier alpha value is -1.13. The number of methoxy groups -OCH3 is 1. The van der Waals surface area contributed by atoms with E-state index in [1.165, 1.54) is 6.33 Å². The summed E-state index contributed by atoms with van der Waals surface area (Å²) in [7, 11) is 0.0599. The topological polar surface area (TPSA) is 35.0 Å². The van der Waals surface area contributed by atoms with E-state index in [2.05, 4.69) is 29.6 Å². The Morgan fingerprint density at radius 1 is 1.18 bits per heavy atom. The van der Waals surface area contributed by atoms with Gasteiger partial charge in [0.25, 0.3) is 0 Å². The molecule has 90 valence electrons. The summed E-state index contributed by atoms with van der Waals surface area (Å²) in [4.78, 5) is 8.49. The maximum Gasteiger partial charge on any atom is 0.224 e. The molecule has 5 heteroatoms. The number of rotatable bonds is 2. The minimum atomic E-state index is -1.56. The van der Waals surface area contributed by atoms with Gasteiger partial charge < -0.3 is 4.74 Å². The van der Waals surface area contributed by atoms with Crippen molar-refractivity contribution in [1.82, 2.24) is 9.97 Å². The number of hydrogen-bond donors (Lipinski definition) is 0. The summed E-state index contributed by atoms with van der Waals surface area (Å²) in [5.74, 6) is 0.603. The Kier molecular flexibility index (Phi) is 3.10. The summed E-state index contributed by atoms with van der Waals surface area (Å²) < 4.78 is 5.26. The highest BCUT2D eigenvalue weighted by molar-refractivity contribution is 6.91. The van der Waals surface area contributed by atoms with Crippen molar-refractivity contribution in [3.8, 4) is 5.88 Å². The quantitative estimate of drug-likeness (QED) is 0.784. The van der Waals surface area contributed by atoms with Crippen LogP contribution in [0.25, 0.3) is 10.9 Å². The first-order valence-corrected chi connectivity index (χ1v) is 9.30. The second kappa shape index (κ2) is 4.27. The molecule has 1 heterocycles. The lowest BCUT2D eigenvalue weighted by Gasteiger charge is -2.20. The Balaban J connectivity index is 2.87. The van der Waals surface area contributed by atoms with E-state index in [1.807, 2.05) is 12.1 Å². The van der Waals surface area contributed by atoms with Crippen molar-refractivity contribution in [2.45, 2.75) is 19.6 Å². The van der Waals surface area contributed by atoms with Crippen LogP contribution in [0.3, 0.4) is 0 Å². The molecule has 0 unspecified atom stereocenters. The Morgan fingerprint density at radius 2 is 1.88 bits per heavy atom. The maximum atomic E-state index is 6.32. The van der Waals surface area contributed by atoms with Crippen molar-refractivity contribution in [3.05, 3.63) is 23.5 Å². The molecule has 0 saturated heterocycles. The fourth-order valence-corrected chi connectivity index (χ4v) is 4.67. The van der Waals surface area contributed by atoms with Crippen LogP contribution < -0.4 is 9.92 Å². The number of ether oxygens (including phenoxy) is 1. The standard InChI is InChI=1S/C12H15ClN2OSi/c1-16-12-8-5-6-9(13)11(17(2,3)4)10(8)14-7-15-12/h5-7H,1-4H3. The summed E-state index contributed by atoms with van der Waals surface area (Å²) in [6.45, 7) is 6.76. The normalized spacial score (nSPS) is 11.8. The van der Waals surface area contributed by atoms with Gasteiger partial charge in [-0.15, -0.1) is 0 Å². The van der Waals surface area contributed by atoms with E-state index in [1.54, 1.807) is 7.11 Å². The molecule has 0 aliphatic heterocycles. The van der Waals surface area contributed by atoms with Gasteiger partial charge in [-0.2, -0.15) is 0 Å². The lowest BCUT2D eigenvalue weighted by atomic mass is 10.2. The van der Waals surface area contributed by atoms with E-state index in [0.29, 0.717) is 5.88 Å². The number of benzene rings is 1. The summed E-state index contributed by atoms with van der Waals surface area (Å²) in [5, 5.41) is 2.88. The molecule has 0 spiro atoms. The zero-order valence-corrected chi connectivity index (χ0v) is 12.2. The molecule has 3 nitrogen and oxygen atoms in total. The van der Waals surface area contributed by atoms with Crippen molar-refractivity contribution in [1.29, 1.82) is 0 Å². The van der Waals surface area contributed by atoms with Crippen LogP contribution in [0.1, 0.15) is 0 Å². The van der Waals surface area contributed by atoms with Crippen molar-refractivity contribution in [2.24, 2.45) is 0 Å². The fraction of sp³-hybridized carbons (Fsp3) is 0.333. The molecule has 0 fully saturated rings. The SMILES string of the molecule is COc1ncnc2c([Si](C)(C)C)c(Cl)ccc12. The monoisotopic (exact) mass is 266 g/mol. The molecule has 1 aromatic heterocycles. The van der Waals surface area contributed by atoms with E-state index in [-0.39, 0.29) is 0 Å². The van der Waals surface area contributed by atoms with Gasteiger partial charge in [-0.05, 0) is 17.3 Å². The smallest absolute Gasteiger partial charge is 0.224 e. The third kappa shape index (κ3) is 2.15. The van der Waals surface area contributed by atoms with Crippen LogP contribution in [0, 0.1) is 0 Å². The largest absolute Gasteiger partial charge is 0.480 e. The van der Waals surface area contributed by atoms with E-state index in [4.69, 9.17) is 16.3 Å². The third-order valence-corrected chi connectivity index (χ3v) is 5.14. The van der Waals surface area contributed by atoms with Crippen molar-refractivity contribution in [3.63, 3.8) is 0 Å². The molecule has 0 aliphatic rings. The first kappa shape index (κ1) is 12.3. The Morgan fingerprint density at radius 3 is 2.47 bits per heavy atom. The van der Waals surface area contributed by atoms with Crippen LogP contribution in [0.4, 0.5) is 0 Å². The number of fused-ring (bicyclic) bond motifs is 1. The number of aromatic nitrogens is 2. The highest BCUT2D eigenvalue weighted by Crippen LogP contribution is 2.25. The zero-order chi connectivity index (χ0) is 12.6. The number of halogens is 1. The Bertz CT molecular complexity index is 566. The predicted molar refractivity (Wildman–Crippen MR) is 74.1 cm³/mol. The van der Waals surface area contributed by atoms with Gasteiger partial charge in [0.2, 0.25) is 5.88 Å². The lowest BCUT2D eigenvalue weighted by Crippen LogP contribution is -2.39. The molecule has 0 N–H and O–H groups in total. The summed E-state index contributed by atoms with van der Waals surface area (Å²) in [5.41, 5.74) is 0.920. The van der Waals surface area contributed by atoms with Gasteiger partial charge in [0.1, 0.15) is 6.33 Å². The van der Waals surface area contributed by atoms with E-state index in [0.717, 1.165) is 21.1 Å². The molecule has 0 atom stereocenters. The summed E-state index contributed by atoms with van der Waals surface area (Å²) in [6, 6.07) is 3.82. The maximum absolute atomic E-state index is 6.32. The Labute approximate surface area is 107 Å². The first-order chi connectivity index (χ1) is 7.95. The van der Waals surface area contributed by atoms with Gasteiger partial charge in [-0.25, -0.2) is 9.97 Å². The van der Waals surface area contributed by atoms with Crippen molar-refractivity contribution < 1.29 is 4.74 Å². The number of hydrogen-bond acceptors (Lipinski definition) is 3. The van der Waals surface area contributed by atoms with Crippen LogP contribution in [-0.4, -0.2) is 25.2 Å². The molecular weight excluding hydrogens is 252 g/mol. The van der Waals surface area contributed by atoms with Gasteiger partial charge >= 0.3 is 0 Å². The van der Waals surface area contributed by atoms with Crippen molar-refractivity contribution >= 4 is 35.8 Å². The fourth-order valence-electron chi connectivity index (χ4n) is 1.96. The molecular formula is C12H15ClN2OSi. The van der Waals surface area contributed by atoms with Gasteiger partial charge in [0.05, 0.1) is 26.1 Å². The first-order valence-electron chi connectivity index (χ1n) is 5.43. The minimum Gasteiger partial charge on any atom is -0.480 e. The second-order valence-electron chi connectivity index (χ2n) is 4.95. The molecule has 0 radical (unpaired) electrons. The molecule has 1 aromatic carbocycles. The van der Waals surface area contributed by atoms with Crippen LogP contribution in [0.5, 0.6) is 5.88 Å². The van der Waals surface area contributed by atoms with E-state index < -0.39 is 8.07 Å². The molecule has 0 amide bonds. The summed E-state index contributed by atoms with van der Waals surface area (Å²) in [6.07, 6.45) is 1.53. The van der Waals surface area contributed by atoms with Gasteiger partial charge in [0, 0.05) is 5.02 Å². The number of nitrogens with zero attached hydrogens (tertiary/aromatic N) is 2. The van der Waals surface area contributed by atoms with Crippen molar-refractivity contribution in [2.75, 3.05) is 7.11 Å². The molecule has 0 saturated carbocycles. The molecule has 0 bridgehead atoms. The van der Waals surface area contributed by atoms with Crippen LogP contribution in [-0.2, 0) is 0 Å². The molecule has 2 rings (SSSR count). The van der Waals surface area contributed by atoms with Gasteiger partial charge in [-0.3, -0.25) is 0 Å². The van der Waals surface area contributed by atoms with Gasteiger partial charge in [-0.1, -0.05) is 31.2 Å². The summed E-state index contributed by atoms with van der Waals surface area (Å²) >= 11 is 6.32. The van der Waals surface area contributed by atoms with Crippen LogP contribution in [0.15, 0.2) is 18.5 Å². The predicted octanol–water partition coefficient (Wildman–Crippen LogP) is 2.84. The lowest BCUT2D eigenvalue weighted by molar-refractivity contribution is 0.402. The molecule has 2 aromatic rings. The average molecular weight is 267 g/mol. The van der Waals surface area contributed by atoms with E-state index in [9.17, 15) is 0 Å². The van der Waals surface area contributed by atoms with E-state index >= 15 is 0 Å². The minimum absolute atomic E-state index is 0.603. The highest BCUT2D eigenvalue weighted by atomic mass is 35.5. The van der Waals surface area contributed by atoms with Crippen LogP contribution >= 0.6 is 11.6 Å². The highest BCUT2D eigenvalue weighted by Gasteiger charge is 2.24. The zero-order valence-electron chi connectivity index (χ0n) is 10.4. The molecule has 0 aliphatic carbocycles. The average Bonchev–Trinajstić information content (AvgIpc) is 2.25. The van der Waals surface area contributed by atoms with Crippen LogP contribution in [0.2, 0.25) is 24.7 Å². The third-order valence-electron chi connectivity index (χ3n) is 2.66. The van der Waals surface area contributed by atoms with Gasteiger partial charge in [0.15, 0.2) is 0 Å². The molecule has 17 heavy (non-hydrogen) atoms.